The molecule has 0 spiro atoms. The topological polar surface area (TPSA) is 29.1 Å². The molecule has 0 fully saturated rings. The number of halogens is 3. The summed E-state index contributed by atoms with van der Waals surface area (Å²) in [6, 6.07) is 4.77. The van der Waals surface area contributed by atoms with Crippen molar-refractivity contribution in [3.63, 3.8) is 0 Å². The molecule has 0 unspecified atom stereocenters. The van der Waals surface area contributed by atoms with Crippen molar-refractivity contribution in [2.24, 2.45) is 0 Å². The molecule has 1 N–H and O–H groups in total. The molecule has 15 heavy (non-hydrogen) atoms. The number of hydrogen-bond donors (Lipinski definition) is 1. The lowest BCUT2D eigenvalue weighted by atomic mass is 10.2. The molecule has 2 nitrogen and oxygen atoms in total. The first-order valence-corrected chi connectivity index (χ1v) is 5.73. The molecule has 1 aromatic carbocycles. The summed E-state index contributed by atoms with van der Waals surface area (Å²) in [6.45, 7) is 0.558. The molecule has 0 aromatic heterocycles. The highest BCUT2D eigenvalue weighted by Gasteiger charge is 2.06. The average Bonchev–Trinajstić information content (AvgIpc) is 2.22. The van der Waals surface area contributed by atoms with Gasteiger partial charge in [-0.05, 0) is 24.6 Å². The molecular weight excluding hydrogens is 256 g/mol. The molecule has 1 rings (SSSR count). The van der Waals surface area contributed by atoms with E-state index in [1.165, 1.54) is 0 Å². The fraction of sp³-hybridized carbons (Fsp3) is 0.300. The second kappa shape index (κ2) is 6.21. The van der Waals surface area contributed by atoms with E-state index in [1.54, 1.807) is 18.2 Å². The van der Waals surface area contributed by atoms with Gasteiger partial charge in [-0.3, -0.25) is 4.79 Å². The molecule has 0 bridgehead atoms. The lowest BCUT2D eigenvalue weighted by molar-refractivity contribution is 0.0954. The Hall–Kier alpha value is -0.440. The van der Waals surface area contributed by atoms with E-state index < -0.39 is 0 Å². The summed E-state index contributed by atoms with van der Waals surface area (Å²) in [7, 11) is 0. The zero-order valence-electron chi connectivity index (χ0n) is 7.90. The van der Waals surface area contributed by atoms with Crippen LogP contribution in [-0.4, -0.2) is 18.3 Å². The van der Waals surface area contributed by atoms with Gasteiger partial charge < -0.3 is 5.32 Å². The number of rotatable bonds is 4. The van der Waals surface area contributed by atoms with Crippen molar-refractivity contribution in [2.45, 2.75) is 6.42 Å². The monoisotopic (exact) mass is 265 g/mol. The van der Waals surface area contributed by atoms with Crippen LogP contribution in [0.1, 0.15) is 16.8 Å². The predicted molar refractivity (Wildman–Crippen MR) is 64.1 cm³/mol. The smallest absolute Gasteiger partial charge is 0.251 e. The first-order valence-electron chi connectivity index (χ1n) is 4.44. The van der Waals surface area contributed by atoms with Crippen LogP contribution >= 0.6 is 34.8 Å². The fourth-order valence-corrected chi connectivity index (χ4v) is 1.44. The molecule has 0 heterocycles. The van der Waals surface area contributed by atoms with Crippen LogP contribution in [0.4, 0.5) is 0 Å². The molecule has 1 amide bonds. The minimum atomic E-state index is -0.168. The fourth-order valence-electron chi connectivity index (χ4n) is 1.01. The molecule has 5 heteroatoms. The molecule has 0 aliphatic carbocycles. The summed E-state index contributed by atoms with van der Waals surface area (Å²) < 4.78 is 0. The maximum Gasteiger partial charge on any atom is 0.251 e. The van der Waals surface area contributed by atoms with Gasteiger partial charge in [0.1, 0.15) is 0 Å². The zero-order chi connectivity index (χ0) is 11.3. The second-order valence-electron chi connectivity index (χ2n) is 2.93. The van der Waals surface area contributed by atoms with Crippen LogP contribution in [0.3, 0.4) is 0 Å². The number of amides is 1. The van der Waals surface area contributed by atoms with Gasteiger partial charge in [-0.1, -0.05) is 23.2 Å². The highest BCUT2D eigenvalue weighted by Crippen LogP contribution is 2.22. The van der Waals surface area contributed by atoms with E-state index in [0.29, 0.717) is 28.0 Å². The largest absolute Gasteiger partial charge is 0.352 e. The van der Waals surface area contributed by atoms with Gasteiger partial charge in [-0.2, -0.15) is 0 Å². The highest BCUT2D eigenvalue weighted by atomic mass is 35.5. The Balaban J connectivity index is 2.62. The summed E-state index contributed by atoms with van der Waals surface area (Å²) in [6.07, 6.45) is 0.745. The Morgan fingerprint density at radius 3 is 2.60 bits per heavy atom. The van der Waals surface area contributed by atoms with Crippen LogP contribution in [0.2, 0.25) is 10.0 Å². The summed E-state index contributed by atoms with van der Waals surface area (Å²) in [5.41, 5.74) is 0.499. The molecule has 1 aromatic rings. The van der Waals surface area contributed by atoms with Gasteiger partial charge >= 0.3 is 0 Å². The third-order valence-corrected chi connectivity index (χ3v) is 2.78. The van der Waals surface area contributed by atoms with E-state index in [1.807, 2.05) is 0 Å². The van der Waals surface area contributed by atoms with Gasteiger partial charge in [0.2, 0.25) is 0 Å². The molecule has 0 aliphatic rings. The Morgan fingerprint density at radius 1 is 1.27 bits per heavy atom. The lowest BCUT2D eigenvalue weighted by Gasteiger charge is -2.04. The van der Waals surface area contributed by atoms with Crippen LogP contribution in [0.25, 0.3) is 0 Å². The first kappa shape index (κ1) is 12.6. The first-order chi connectivity index (χ1) is 7.15. The van der Waals surface area contributed by atoms with E-state index in [9.17, 15) is 4.79 Å². The number of nitrogens with one attached hydrogen (secondary N) is 1. The van der Waals surface area contributed by atoms with Crippen molar-refractivity contribution in [2.75, 3.05) is 12.4 Å². The van der Waals surface area contributed by atoms with E-state index in [2.05, 4.69) is 5.32 Å². The summed E-state index contributed by atoms with van der Waals surface area (Å²) in [5.74, 6) is 0.362. The van der Waals surface area contributed by atoms with E-state index in [0.717, 1.165) is 6.42 Å². The number of carbonyl (C=O) groups excluding carboxylic acids is 1. The van der Waals surface area contributed by atoms with Crippen LogP contribution in [0, 0.1) is 0 Å². The number of carbonyl (C=O) groups is 1. The van der Waals surface area contributed by atoms with Crippen LogP contribution in [0.5, 0.6) is 0 Å². The molecule has 82 valence electrons. The number of benzene rings is 1. The van der Waals surface area contributed by atoms with Crippen molar-refractivity contribution in [1.82, 2.24) is 5.32 Å². The minimum absolute atomic E-state index is 0.168. The maximum atomic E-state index is 11.5. The predicted octanol–water partition coefficient (Wildman–Crippen LogP) is 3.35. The Labute approximate surface area is 104 Å². The third-order valence-electron chi connectivity index (χ3n) is 1.78. The van der Waals surface area contributed by atoms with Crippen molar-refractivity contribution in [1.29, 1.82) is 0 Å². The maximum absolute atomic E-state index is 11.5. The summed E-state index contributed by atoms with van der Waals surface area (Å²) >= 11 is 17.0. The van der Waals surface area contributed by atoms with E-state index in [4.69, 9.17) is 34.8 Å². The van der Waals surface area contributed by atoms with Gasteiger partial charge in [0.15, 0.2) is 0 Å². The highest BCUT2D eigenvalue weighted by molar-refractivity contribution is 6.42. The van der Waals surface area contributed by atoms with Gasteiger partial charge in [-0.25, -0.2) is 0 Å². The van der Waals surface area contributed by atoms with Crippen molar-refractivity contribution in [3.8, 4) is 0 Å². The third kappa shape index (κ3) is 3.90. The van der Waals surface area contributed by atoms with E-state index >= 15 is 0 Å². The number of alkyl halides is 1. The van der Waals surface area contributed by atoms with Gasteiger partial charge in [0.05, 0.1) is 10.0 Å². The Kier molecular flexibility index (Phi) is 5.23. The van der Waals surface area contributed by atoms with Crippen molar-refractivity contribution in [3.05, 3.63) is 33.8 Å². The van der Waals surface area contributed by atoms with Gasteiger partial charge in [0, 0.05) is 18.0 Å². The molecule has 0 aliphatic heterocycles. The standard InChI is InChI=1S/C10H10Cl3NO/c11-4-1-5-14-10(15)7-2-3-8(12)9(13)6-7/h2-3,6H,1,4-5H2,(H,14,15). The Bertz CT molecular complexity index is 355. The molecule has 0 atom stereocenters. The van der Waals surface area contributed by atoms with Crippen molar-refractivity contribution >= 4 is 40.7 Å². The SMILES string of the molecule is O=C(NCCCCl)c1ccc(Cl)c(Cl)c1. The molecule has 0 saturated heterocycles. The normalized spacial score (nSPS) is 10.1. The zero-order valence-corrected chi connectivity index (χ0v) is 10.2. The average molecular weight is 267 g/mol. The molecule has 0 saturated carbocycles. The van der Waals surface area contributed by atoms with Crippen LogP contribution < -0.4 is 5.32 Å². The molecule has 0 radical (unpaired) electrons. The molecular formula is C10H10Cl3NO. The minimum Gasteiger partial charge on any atom is -0.352 e. The van der Waals surface area contributed by atoms with E-state index in [-0.39, 0.29) is 5.91 Å². The quantitative estimate of drug-likeness (QED) is 0.657. The van der Waals surface area contributed by atoms with Gasteiger partial charge in [-0.15, -0.1) is 11.6 Å². The number of hydrogen-bond acceptors (Lipinski definition) is 1. The van der Waals surface area contributed by atoms with Crippen molar-refractivity contribution < 1.29 is 4.79 Å². The van der Waals surface area contributed by atoms with Crippen LogP contribution in [0.15, 0.2) is 18.2 Å². The van der Waals surface area contributed by atoms with Crippen LogP contribution in [-0.2, 0) is 0 Å². The summed E-state index contributed by atoms with van der Waals surface area (Å²) in [4.78, 5) is 11.5. The lowest BCUT2D eigenvalue weighted by Crippen LogP contribution is -2.24. The summed E-state index contributed by atoms with van der Waals surface area (Å²) in [5, 5.41) is 3.54. The van der Waals surface area contributed by atoms with Gasteiger partial charge in [0.25, 0.3) is 5.91 Å². The Morgan fingerprint density at radius 2 is 2.00 bits per heavy atom. The second-order valence-corrected chi connectivity index (χ2v) is 4.12.